The van der Waals surface area contributed by atoms with Crippen LogP contribution in [0.5, 0.6) is 11.5 Å². The minimum absolute atomic E-state index is 0.0463. The minimum atomic E-state index is -0.477. The van der Waals surface area contributed by atoms with Crippen LogP contribution in [0.1, 0.15) is 22.8 Å². The molecule has 2 rings (SSSR count). The number of hydrogen-bond donors (Lipinski definition) is 0. The molecule has 2 aromatic rings. The van der Waals surface area contributed by atoms with E-state index in [0.29, 0.717) is 11.3 Å². The number of ether oxygens (including phenoxy) is 1. The van der Waals surface area contributed by atoms with Gasteiger partial charge in [0.2, 0.25) is 0 Å². The summed E-state index contributed by atoms with van der Waals surface area (Å²) >= 11 is 0. The van der Waals surface area contributed by atoms with Gasteiger partial charge < -0.3 is 4.74 Å². The Kier molecular flexibility index (Phi) is 3.58. The first-order valence-corrected chi connectivity index (χ1v) is 5.58. The van der Waals surface area contributed by atoms with E-state index in [1.165, 1.54) is 19.1 Å². The van der Waals surface area contributed by atoms with Gasteiger partial charge in [0.25, 0.3) is 0 Å². The molecule has 0 fully saturated rings. The predicted octanol–water partition coefficient (Wildman–Crippen LogP) is 3.69. The topological polar surface area (TPSA) is 50.1 Å². The zero-order chi connectivity index (χ0) is 13.8. The third-order valence-electron chi connectivity index (χ3n) is 2.55. The molecular formula is C15H10FNO2. The first-order valence-electron chi connectivity index (χ1n) is 5.58. The Morgan fingerprint density at radius 1 is 1.21 bits per heavy atom. The zero-order valence-electron chi connectivity index (χ0n) is 10.2. The van der Waals surface area contributed by atoms with Crippen LogP contribution in [0.25, 0.3) is 0 Å². The van der Waals surface area contributed by atoms with Crippen LogP contribution in [0, 0.1) is 17.1 Å². The molecule has 0 aliphatic carbocycles. The van der Waals surface area contributed by atoms with Crippen LogP contribution in [-0.4, -0.2) is 5.78 Å². The maximum absolute atomic E-state index is 13.1. The van der Waals surface area contributed by atoms with E-state index < -0.39 is 5.82 Å². The highest BCUT2D eigenvalue weighted by atomic mass is 19.1. The lowest BCUT2D eigenvalue weighted by molar-refractivity contribution is 0.101. The molecule has 0 aliphatic rings. The van der Waals surface area contributed by atoms with E-state index in [1.54, 1.807) is 24.3 Å². The molecule has 0 saturated heterocycles. The second-order valence-electron chi connectivity index (χ2n) is 3.93. The van der Waals surface area contributed by atoms with Gasteiger partial charge in [-0.15, -0.1) is 0 Å². The SMILES string of the molecule is CC(=O)c1ccc(Oc2cc(F)ccc2C#N)cc1. The molecule has 2 aromatic carbocycles. The van der Waals surface area contributed by atoms with Crippen molar-refractivity contribution in [2.45, 2.75) is 6.92 Å². The van der Waals surface area contributed by atoms with Gasteiger partial charge in [0, 0.05) is 11.6 Å². The van der Waals surface area contributed by atoms with Crippen LogP contribution in [0.15, 0.2) is 42.5 Å². The molecule has 0 atom stereocenters. The number of nitrogens with zero attached hydrogens (tertiary/aromatic N) is 1. The second-order valence-corrected chi connectivity index (χ2v) is 3.93. The molecule has 0 aliphatic heterocycles. The molecular weight excluding hydrogens is 245 g/mol. The first-order chi connectivity index (χ1) is 9.10. The maximum atomic E-state index is 13.1. The summed E-state index contributed by atoms with van der Waals surface area (Å²) in [6, 6.07) is 12.1. The largest absolute Gasteiger partial charge is 0.456 e. The van der Waals surface area contributed by atoms with Crippen LogP contribution < -0.4 is 4.74 Å². The van der Waals surface area contributed by atoms with Gasteiger partial charge in [-0.3, -0.25) is 4.79 Å². The Labute approximate surface area is 109 Å². The molecule has 0 unspecified atom stereocenters. The zero-order valence-corrected chi connectivity index (χ0v) is 10.2. The first kappa shape index (κ1) is 12.8. The van der Waals surface area contributed by atoms with Crippen LogP contribution in [-0.2, 0) is 0 Å². The van der Waals surface area contributed by atoms with Gasteiger partial charge in [0.15, 0.2) is 5.78 Å². The molecule has 0 amide bonds. The van der Waals surface area contributed by atoms with Crippen molar-refractivity contribution in [3.05, 3.63) is 59.4 Å². The quantitative estimate of drug-likeness (QED) is 0.786. The summed E-state index contributed by atoms with van der Waals surface area (Å²) in [7, 11) is 0. The summed E-state index contributed by atoms with van der Waals surface area (Å²) in [5, 5.41) is 8.91. The fraction of sp³-hybridized carbons (Fsp3) is 0.0667. The van der Waals surface area contributed by atoms with Crippen molar-refractivity contribution in [1.29, 1.82) is 5.26 Å². The van der Waals surface area contributed by atoms with Crippen molar-refractivity contribution < 1.29 is 13.9 Å². The number of hydrogen-bond acceptors (Lipinski definition) is 3. The van der Waals surface area contributed by atoms with Crippen molar-refractivity contribution in [2.24, 2.45) is 0 Å². The Bertz CT molecular complexity index is 657. The smallest absolute Gasteiger partial charge is 0.159 e. The summed E-state index contributed by atoms with van der Waals surface area (Å²) in [5.74, 6) is 0.0644. The summed E-state index contributed by atoms with van der Waals surface area (Å²) in [6.45, 7) is 1.47. The van der Waals surface area contributed by atoms with Crippen molar-refractivity contribution in [3.8, 4) is 17.6 Å². The number of Topliss-reactive ketones (excluding diaryl/α,β-unsaturated/α-hetero) is 1. The van der Waals surface area contributed by atoms with Crippen molar-refractivity contribution >= 4 is 5.78 Å². The standard InChI is InChI=1S/C15H10FNO2/c1-10(18)11-3-6-14(7-4-11)19-15-8-13(16)5-2-12(15)9-17/h2-8H,1H3. The molecule has 94 valence electrons. The molecule has 0 N–H and O–H groups in total. The number of rotatable bonds is 3. The molecule has 0 spiro atoms. The summed E-state index contributed by atoms with van der Waals surface area (Å²) in [6.07, 6.45) is 0. The molecule has 0 aromatic heterocycles. The molecule has 19 heavy (non-hydrogen) atoms. The Morgan fingerprint density at radius 2 is 1.89 bits per heavy atom. The van der Waals surface area contributed by atoms with Crippen molar-refractivity contribution in [3.63, 3.8) is 0 Å². The van der Waals surface area contributed by atoms with Gasteiger partial charge in [-0.1, -0.05) is 0 Å². The highest BCUT2D eigenvalue weighted by molar-refractivity contribution is 5.94. The lowest BCUT2D eigenvalue weighted by Gasteiger charge is -2.07. The Hall–Kier alpha value is -2.67. The van der Waals surface area contributed by atoms with Crippen molar-refractivity contribution in [1.82, 2.24) is 0 Å². The summed E-state index contributed by atoms with van der Waals surface area (Å²) < 4.78 is 18.6. The van der Waals surface area contributed by atoms with E-state index in [0.717, 1.165) is 6.07 Å². The molecule has 0 bridgehead atoms. The third kappa shape index (κ3) is 2.96. The summed E-state index contributed by atoms with van der Waals surface area (Å²) in [5.41, 5.74) is 0.809. The predicted molar refractivity (Wildman–Crippen MR) is 67.6 cm³/mol. The average molecular weight is 255 g/mol. The van der Waals surface area contributed by atoms with Crippen LogP contribution >= 0.6 is 0 Å². The highest BCUT2D eigenvalue weighted by Gasteiger charge is 2.07. The highest BCUT2D eigenvalue weighted by Crippen LogP contribution is 2.26. The normalized spacial score (nSPS) is 9.74. The van der Waals surface area contributed by atoms with E-state index in [9.17, 15) is 9.18 Å². The van der Waals surface area contributed by atoms with Crippen LogP contribution in [0.2, 0.25) is 0 Å². The monoisotopic (exact) mass is 255 g/mol. The van der Waals surface area contributed by atoms with Crippen LogP contribution in [0.3, 0.4) is 0 Å². The van der Waals surface area contributed by atoms with E-state index in [1.807, 2.05) is 6.07 Å². The number of carbonyl (C=O) groups is 1. The lowest BCUT2D eigenvalue weighted by Crippen LogP contribution is -1.93. The Morgan fingerprint density at radius 3 is 2.47 bits per heavy atom. The van der Waals surface area contributed by atoms with Gasteiger partial charge in [-0.05, 0) is 43.3 Å². The molecule has 0 saturated carbocycles. The maximum Gasteiger partial charge on any atom is 0.159 e. The number of benzene rings is 2. The molecule has 3 nitrogen and oxygen atoms in total. The average Bonchev–Trinajstić information content (AvgIpc) is 2.39. The molecule has 0 heterocycles. The van der Waals surface area contributed by atoms with E-state index in [-0.39, 0.29) is 17.1 Å². The second kappa shape index (κ2) is 5.32. The van der Waals surface area contributed by atoms with E-state index in [2.05, 4.69) is 0 Å². The van der Waals surface area contributed by atoms with Gasteiger partial charge in [0.05, 0.1) is 5.56 Å². The molecule has 4 heteroatoms. The van der Waals surface area contributed by atoms with Gasteiger partial charge in [-0.25, -0.2) is 4.39 Å². The van der Waals surface area contributed by atoms with Gasteiger partial charge >= 0.3 is 0 Å². The van der Waals surface area contributed by atoms with Gasteiger partial charge in [0.1, 0.15) is 23.4 Å². The van der Waals surface area contributed by atoms with Crippen molar-refractivity contribution in [2.75, 3.05) is 0 Å². The van der Waals surface area contributed by atoms with E-state index >= 15 is 0 Å². The van der Waals surface area contributed by atoms with E-state index in [4.69, 9.17) is 10.00 Å². The molecule has 0 radical (unpaired) electrons. The minimum Gasteiger partial charge on any atom is -0.456 e. The van der Waals surface area contributed by atoms with Crippen LogP contribution in [0.4, 0.5) is 4.39 Å². The fourth-order valence-corrected chi connectivity index (χ4v) is 1.56. The summed E-state index contributed by atoms with van der Waals surface area (Å²) in [4.78, 5) is 11.1. The number of carbonyl (C=O) groups excluding carboxylic acids is 1. The lowest BCUT2D eigenvalue weighted by atomic mass is 10.1. The third-order valence-corrected chi connectivity index (χ3v) is 2.55. The number of nitriles is 1. The van der Waals surface area contributed by atoms with Gasteiger partial charge in [-0.2, -0.15) is 5.26 Å². The fourth-order valence-electron chi connectivity index (χ4n) is 1.56. The number of halogens is 1. The number of ketones is 1. The Balaban J connectivity index is 2.28.